The van der Waals surface area contributed by atoms with Crippen LogP contribution in [0.5, 0.6) is 0 Å². The van der Waals surface area contributed by atoms with Crippen molar-refractivity contribution in [3.63, 3.8) is 0 Å². The summed E-state index contributed by atoms with van der Waals surface area (Å²) in [5.74, 6) is 0.0749. The molecular weight excluding hydrogens is 423 g/mol. The van der Waals surface area contributed by atoms with Crippen molar-refractivity contribution in [2.45, 2.75) is 45.4 Å². The van der Waals surface area contributed by atoms with Gasteiger partial charge in [-0.3, -0.25) is 14.7 Å². The van der Waals surface area contributed by atoms with Crippen LogP contribution in [0.1, 0.15) is 32.9 Å². The first kappa shape index (κ1) is 27.4. The van der Waals surface area contributed by atoms with Crippen molar-refractivity contribution in [3.8, 4) is 0 Å². The maximum atomic E-state index is 13.0. The lowest BCUT2D eigenvalue weighted by Crippen LogP contribution is -2.76. The molecule has 6 nitrogen and oxygen atoms in total. The number of carbonyl (C=O) groups is 1. The predicted octanol–water partition coefficient (Wildman–Crippen LogP) is 2.52. The second-order valence-corrected chi connectivity index (χ2v) is 7.73. The molecule has 9 heteroatoms. The summed E-state index contributed by atoms with van der Waals surface area (Å²) >= 11 is 0. The van der Waals surface area contributed by atoms with Crippen LogP contribution in [0.4, 0.5) is 0 Å². The van der Waals surface area contributed by atoms with Crippen molar-refractivity contribution < 1.29 is 9.53 Å². The van der Waals surface area contributed by atoms with Crippen molar-refractivity contribution in [1.82, 2.24) is 14.8 Å². The molecule has 0 aromatic carbocycles. The number of amides is 1. The molecule has 2 heterocycles. The maximum Gasteiger partial charge on any atom is 0.243 e. The molecular formula is C19H33Cl3N4O2. The van der Waals surface area contributed by atoms with E-state index in [-0.39, 0.29) is 54.6 Å². The summed E-state index contributed by atoms with van der Waals surface area (Å²) in [6.45, 7) is 10.7. The average molecular weight is 456 g/mol. The van der Waals surface area contributed by atoms with Gasteiger partial charge in [-0.2, -0.15) is 0 Å². The van der Waals surface area contributed by atoms with Gasteiger partial charge >= 0.3 is 0 Å². The summed E-state index contributed by atoms with van der Waals surface area (Å²) in [4.78, 5) is 21.7. The SMILES string of the molecule is CCOC1CC(N)(C(=O)N2CCN(Cc3ccccn3)CC2)C1(C)C.Cl.Cl.Cl. The summed E-state index contributed by atoms with van der Waals surface area (Å²) in [6.07, 6.45) is 2.50. The van der Waals surface area contributed by atoms with E-state index in [0.717, 1.165) is 38.4 Å². The molecule has 1 aromatic rings. The largest absolute Gasteiger partial charge is 0.378 e. The molecule has 2 N–H and O–H groups in total. The van der Waals surface area contributed by atoms with Crippen molar-refractivity contribution in [1.29, 1.82) is 0 Å². The molecule has 1 saturated carbocycles. The van der Waals surface area contributed by atoms with Crippen molar-refractivity contribution in [3.05, 3.63) is 30.1 Å². The van der Waals surface area contributed by atoms with E-state index in [1.54, 1.807) is 0 Å². The molecule has 2 unspecified atom stereocenters. The predicted molar refractivity (Wildman–Crippen MR) is 119 cm³/mol. The van der Waals surface area contributed by atoms with Crippen LogP contribution in [0.15, 0.2) is 24.4 Å². The van der Waals surface area contributed by atoms with Gasteiger partial charge in [0.05, 0.1) is 11.8 Å². The Morgan fingerprint density at radius 1 is 1.21 bits per heavy atom. The van der Waals surface area contributed by atoms with Crippen LogP contribution in [0.2, 0.25) is 0 Å². The zero-order valence-corrected chi connectivity index (χ0v) is 19.2. The highest BCUT2D eigenvalue weighted by atomic mass is 35.5. The van der Waals surface area contributed by atoms with Gasteiger partial charge in [0, 0.05) is 57.4 Å². The van der Waals surface area contributed by atoms with Crippen LogP contribution in [0.25, 0.3) is 0 Å². The molecule has 1 saturated heterocycles. The van der Waals surface area contributed by atoms with Crippen molar-refractivity contribution in [2.24, 2.45) is 11.1 Å². The fourth-order valence-corrected chi connectivity index (χ4v) is 3.91. The summed E-state index contributed by atoms with van der Waals surface area (Å²) in [6, 6.07) is 5.97. The number of piperazine rings is 1. The highest BCUT2D eigenvalue weighted by Gasteiger charge is 2.63. The lowest BCUT2D eigenvalue weighted by molar-refractivity contribution is -0.180. The van der Waals surface area contributed by atoms with Gasteiger partial charge in [-0.15, -0.1) is 37.2 Å². The lowest BCUT2D eigenvalue weighted by Gasteiger charge is -2.59. The first-order chi connectivity index (χ1) is 11.9. The molecule has 0 bridgehead atoms. The van der Waals surface area contributed by atoms with Gasteiger partial charge in [0.2, 0.25) is 5.91 Å². The highest BCUT2D eigenvalue weighted by Crippen LogP contribution is 2.50. The van der Waals surface area contributed by atoms with Crippen LogP contribution in [-0.2, 0) is 16.1 Å². The van der Waals surface area contributed by atoms with Gasteiger partial charge in [-0.1, -0.05) is 19.9 Å². The third kappa shape index (κ3) is 5.10. The summed E-state index contributed by atoms with van der Waals surface area (Å²) in [5, 5.41) is 0. The topological polar surface area (TPSA) is 71.7 Å². The Morgan fingerprint density at radius 2 is 1.86 bits per heavy atom. The van der Waals surface area contributed by atoms with E-state index in [2.05, 4.69) is 9.88 Å². The molecule has 28 heavy (non-hydrogen) atoms. The van der Waals surface area contributed by atoms with Gasteiger partial charge in [0.1, 0.15) is 5.54 Å². The molecule has 1 aliphatic heterocycles. The number of halogens is 3. The Hall–Kier alpha value is -0.630. The number of hydrogen-bond donors (Lipinski definition) is 1. The monoisotopic (exact) mass is 454 g/mol. The molecule has 1 aromatic heterocycles. The molecule has 1 amide bonds. The van der Waals surface area contributed by atoms with Crippen molar-refractivity contribution in [2.75, 3.05) is 32.8 Å². The standard InChI is InChI=1S/C19H30N4O2.3ClH/c1-4-25-16-13-19(20,18(16,2)3)17(24)23-11-9-22(10-12-23)14-15-7-5-6-8-21-15;;;/h5-8,16H,4,9-14,20H2,1-3H3;3*1H. The van der Waals surface area contributed by atoms with Gasteiger partial charge in [0.25, 0.3) is 0 Å². The molecule has 3 rings (SSSR count). The minimum absolute atomic E-state index is 0. The van der Waals surface area contributed by atoms with E-state index in [1.165, 1.54) is 0 Å². The molecule has 2 fully saturated rings. The maximum absolute atomic E-state index is 13.0. The fraction of sp³-hybridized carbons (Fsp3) is 0.684. The normalized spacial score (nSPS) is 26.1. The number of rotatable bonds is 5. The summed E-state index contributed by atoms with van der Waals surface area (Å²) in [7, 11) is 0. The fourth-order valence-electron chi connectivity index (χ4n) is 3.91. The first-order valence-electron chi connectivity index (χ1n) is 9.20. The number of ether oxygens (including phenoxy) is 1. The number of nitrogens with two attached hydrogens (primary N) is 1. The molecule has 162 valence electrons. The van der Waals surface area contributed by atoms with E-state index >= 15 is 0 Å². The molecule has 0 radical (unpaired) electrons. The first-order valence-corrected chi connectivity index (χ1v) is 9.20. The highest BCUT2D eigenvalue weighted by molar-refractivity contribution is 5.89. The molecule has 2 aliphatic rings. The minimum atomic E-state index is -0.810. The average Bonchev–Trinajstić information content (AvgIpc) is 2.62. The van der Waals surface area contributed by atoms with Crippen LogP contribution in [0, 0.1) is 5.41 Å². The van der Waals surface area contributed by atoms with Gasteiger partial charge in [-0.05, 0) is 19.1 Å². The smallest absolute Gasteiger partial charge is 0.243 e. The number of carbonyl (C=O) groups excluding carboxylic acids is 1. The van der Waals surface area contributed by atoms with Crippen LogP contribution in [0.3, 0.4) is 0 Å². The number of hydrogen-bond acceptors (Lipinski definition) is 5. The van der Waals surface area contributed by atoms with Gasteiger partial charge < -0.3 is 15.4 Å². The van der Waals surface area contributed by atoms with Crippen LogP contribution >= 0.6 is 37.2 Å². The second kappa shape index (κ2) is 11.0. The molecule has 2 atom stereocenters. The second-order valence-electron chi connectivity index (χ2n) is 7.73. The van der Waals surface area contributed by atoms with E-state index in [1.807, 2.05) is 50.1 Å². The van der Waals surface area contributed by atoms with E-state index in [4.69, 9.17) is 10.5 Å². The zero-order valence-electron chi connectivity index (χ0n) is 16.8. The Kier molecular flexibility index (Phi) is 10.7. The lowest BCUT2D eigenvalue weighted by atomic mass is 9.54. The van der Waals surface area contributed by atoms with E-state index in [0.29, 0.717) is 13.0 Å². The van der Waals surface area contributed by atoms with Gasteiger partial charge in [0.15, 0.2) is 0 Å². The summed E-state index contributed by atoms with van der Waals surface area (Å²) < 4.78 is 5.74. The van der Waals surface area contributed by atoms with Crippen LogP contribution in [-0.4, -0.2) is 65.1 Å². The molecule has 0 spiro atoms. The van der Waals surface area contributed by atoms with Crippen molar-refractivity contribution >= 4 is 43.1 Å². The number of nitrogens with zero attached hydrogens (tertiary/aromatic N) is 3. The van der Waals surface area contributed by atoms with Gasteiger partial charge in [-0.25, -0.2) is 0 Å². The Labute approximate surface area is 186 Å². The van der Waals surface area contributed by atoms with E-state index in [9.17, 15) is 4.79 Å². The third-order valence-electron chi connectivity index (χ3n) is 5.98. The number of pyridine rings is 1. The quantitative estimate of drug-likeness (QED) is 0.738. The van der Waals surface area contributed by atoms with Crippen LogP contribution < -0.4 is 5.73 Å². The summed E-state index contributed by atoms with van der Waals surface area (Å²) in [5.41, 5.74) is 6.47. The minimum Gasteiger partial charge on any atom is -0.378 e. The van der Waals surface area contributed by atoms with E-state index < -0.39 is 5.54 Å². The number of aromatic nitrogens is 1. The zero-order chi connectivity index (χ0) is 18.1. The Bertz CT molecular complexity index is 612. The Balaban J connectivity index is 0.00000243. The molecule has 1 aliphatic carbocycles. The Morgan fingerprint density at radius 3 is 2.36 bits per heavy atom. The third-order valence-corrected chi connectivity index (χ3v) is 5.98.